The number of halogens is 2. The van der Waals surface area contributed by atoms with Crippen LogP contribution in [0.15, 0.2) is 73.2 Å². The third-order valence-corrected chi connectivity index (χ3v) is 7.03. The molecule has 0 atom stereocenters. The zero-order valence-electron chi connectivity index (χ0n) is 21.0. The highest BCUT2D eigenvalue weighted by atomic mass is 32.1. The molecule has 3 aromatic heterocycles. The summed E-state index contributed by atoms with van der Waals surface area (Å²) < 4.78 is 32.2. The molecule has 0 fully saturated rings. The normalized spacial score (nSPS) is 10.5. The average molecular weight is 566 g/mol. The van der Waals surface area contributed by atoms with Gasteiger partial charge in [0.2, 0.25) is 0 Å². The Bertz CT molecular complexity index is 1640. The molecule has 0 aliphatic carbocycles. The van der Waals surface area contributed by atoms with E-state index < -0.39 is 11.6 Å². The monoisotopic (exact) mass is 565 g/mol. The number of aryl methyl sites for hydroxylation is 1. The van der Waals surface area contributed by atoms with E-state index in [2.05, 4.69) is 20.3 Å². The van der Waals surface area contributed by atoms with Gasteiger partial charge in [-0.15, -0.1) is 0 Å². The van der Waals surface area contributed by atoms with E-state index in [-0.39, 0.29) is 5.75 Å². The van der Waals surface area contributed by atoms with Gasteiger partial charge in [0, 0.05) is 36.3 Å². The number of phenolic OH excluding ortho intramolecular Hbond substituents is 1. The third kappa shape index (κ3) is 6.75. The molecule has 11 heteroatoms. The molecule has 39 heavy (non-hydrogen) atoms. The van der Waals surface area contributed by atoms with Crippen LogP contribution in [0.2, 0.25) is 0 Å². The smallest absolute Gasteiger partial charge is 0.181 e. The summed E-state index contributed by atoms with van der Waals surface area (Å²) in [6, 6.07) is 14.7. The molecule has 0 saturated heterocycles. The molecule has 0 saturated carbocycles. The number of phenols is 1. The van der Waals surface area contributed by atoms with Crippen LogP contribution in [0.1, 0.15) is 11.1 Å². The molecule has 0 aliphatic heterocycles. The largest absolute Gasteiger partial charge is 0.504 e. The fourth-order valence-electron chi connectivity index (χ4n) is 3.65. The first-order chi connectivity index (χ1) is 18.8. The number of ether oxygens (including phenoxy) is 1. The number of pyridine rings is 2. The number of nitrogens with two attached hydrogens (primary N) is 1. The Hall–Kier alpha value is -4.35. The van der Waals surface area contributed by atoms with E-state index >= 15 is 0 Å². The Morgan fingerprint density at radius 3 is 2.54 bits per heavy atom. The second-order valence-electron chi connectivity index (χ2n) is 8.32. The number of hydrogen-bond donors (Lipinski definition) is 4. The average Bonchev–Trinajstić information content (AvgIpc) is 3.34. The molecule has 0 aliphatic rings. The second kappa shape index (κ2) is 12.5. The summed E-state index contributed by atoms with van der Waals surface area (Å²) in [7, 11) is 1.53. The minimum absolute atomic E-state index is 0.165. The fourth-order valence-corrected chi connectivity index (χ4v) is 4.62. The van der Waals surface area contributed by atoms with Crippen LogP contribution in [0.5, 0.6) is 11.5 Å². The van der Waals surface area contributed by atoms with Crippen molar-refractivity contribution < 1.29 is 18.6 Å². The molecule has 5 N–H and O–H groups in total. The summed E-state index contributed by atoms with van der Waals surface area (Å²) in [5.41, 5.74) is 10.4. The fraction of sp³-hybridized carbons (Fsp3) is 0.107. The first kappa shape index (κ1) is 27.7. The van der Waals surface area contributed by atoms with Crippen molar-refractivity contribution in [3.05, 3.63) is 101 Å². The number of anilines is 2. The SMILES string of the molecule is COc1cccc(CNc2c[nH]c(=S)c(C)c2)c1O.Nc1nc(-c2ccc(F)c(F)c2)c(-c2ccncc2)s1. The standard InChI is InChI=1S/C14H9F2N3S.C14H16N2O2S/c15-10-2-1-9(7-11(10)16)12-13(20-14(17)19-12)8-3-5-18-6-4-8;1-9-6-11(8-16-14(9)19)15-7-10-4-3-5-12(18-2)13(10)17/h1-7H,(H2,17,19);3-6,8,15,17H,7H2,1-2H3,(H,16,19). The number of H-pyrrole nitrogens is 1. The number of methoxy groups -OCH3 is 1. The number of rotatable bonds is 6. The second-order valence-corrected chi connectivity index (χ2v) is 9.76. The highest BCUT2D eigenvalue weighted by molar-refractivity contribution is 7.71. The van der Waals surface area contributed by atoms with Crippen LogP contribution in [-0.4, -0.2) is 27.2 Å². The van der Waals surface area contributed by atoms with E-state index in [0.29, 0.717) is 28.7 Å². The number of nitrogens with one attached hydrogen (secondary N) is 2. The van der Waals surface area contributed by atoms with Gasteiger partial charge < -0.3 is 25.9 Å². The van der Waals surface area contributed by atoms with E-state index in [1.807, 2.05) is 43.5 Å². The van der Waals surface area contributed by atoms with Gasteiger partial charge in [0.1, 0.15) is 4.64 Å². The van der Waals surface area contributed by atoms with Crippen LogP contribution < -0.4 is 15.8 Å². The molecule has 5 aromatic rings. The Balaban J connectivity index is 0.000000181. The van der Waals surface area contributed by atoms with Crippen molar-refractivity contribution in [2.45, 2.75) is 13.5 Å². The van der Waals surface area contributed by atoms with Crippen LogP contribution in [0.25, 0.3) is 21.7 Å². The molecule has 3 heterocycles. The van der Waals surface area contributed by atoms with Gasteiger partial charge in [-0.1, -0.05) is 35.7 Å². The van der Waals surface area contributed by atoms with Crippen LogP contribution in [0.3, 0.4) is 0 Å². The van der Waals surface area contributed by atoms with Crippen molar-refractivity contribution in [2.75, 3.05) is 18.2 Å². The number of nitrogen functional groups attached to an aromatic ring is 1. The number of aromatic hydroxyl groups is 1. The highest BCUT2D eigenvalue weighted by Crippen LogP contribution is 2.38. The molecule has 5 rings (SSSR count). The Labute approximate surface area is 233 Å². The summed E-state index contributed by atoms with van der Waals surface area (Å²) in [6.45, 7) is 2.46. The predicted octanol–water partition coefficient (Wildman–Crippen LogP) is 7.11. The van der Waals surface area contributed by atoms with Crippen LogP contribution in [0, 0.1) is 23.2 Å². The number of benzene rings is 2. The summed E-state index contributed by atoms with van der Waals surface area (Å²) in [5, 5.41) is 13.6. The Morgan fingerprint density at radius 2 is 1.85 bits per heavy atom. The van der Waals surface area contributed by atoms with Gasteiger partial charge in [0.05, 0.1) is 23.4 Å². The molecule has 7 nitrogen and oxygen atoms in total. The lowest BCUT2D eigenvalue weighted by molar-refractivity contribution is 0.371. The van der Waals surface area contributed by atoms with E-state index in [0.717, 1.165) is 44.0 Å². The summed E-state index contributed by atoms with van der Waals surface area (Å²) in [6.07, 6.45) is 5.12. The topological polar surface area (TPSA) is 109 Å². The number of thiazole rings is 1. The number of nitrogens with zero attached hydrogens (tertiary/aromatic N) is 2. The van der Waals surface area contributed by atoms with Gasteiger partial charge >= 0.3 is 0 Å². The third-order valence-electron chi connectivity index (χ3n) is 5.65. The maximum absolute atomic E-state index is 13.4. The lowest BCUT2D eigenvalue weighted by Gasteiger charge is -2.11. The van der Waals surface area contributed by atoms with E-state index in [1.54, 1.807) is 18.5 Å². The van der Waals surface area contributed by atoms with Crippen LogP contribution in [0.4, 0.5) is 19.6 Å². The first-order valence-electron chi connectivity index (χ1n) is 11.7. The van der Waals surface area contributed by atoms with Gasteiger partial charge in [-0.05, 0) is 60.5 Å². The maximum Gasteiger partial charge on any atom is 0.181 e. The molecule has 200 valence electrons. The minimum Gasteiger partial charge on any atom is -0.504 e. The molecule has 0 radical (unpaired) electrons. The van der Waals surface area contributed by atoms with E-state index in [4.69, 9.17) is 22.7 Å². The Kier molecular flexibility index (Phi) is 8.84. The maximum atomic E-state index is 13.4. The lowest BCUT2D eigenvalue weighted by Crippen LogP contribution is -2.01. The summed E-state index contributed by atoms with van der Waals surface area (Å²) in [5.74, 6) is -1.15. The zero-order valence-corrected chi connectivity index (χ0v) is 22.7. The van der Waals surface area contributed by atoms with Crippen LogP contribution >= 0.6 is 23.6 Å². The predicted molar refractivity (Wildman–Crippen MR) is 153 cm³/mol. The van der Waals surface area contributed by atoms with Gasteiger partial charge in [0.15, 0.2) is 28.3 Å². The van der Waals surface area contributed by atoms with Crippen molar-refractivity contribution in [3.8, 4) is 33.2 Å². The van der Waals surface area contributed by atoms with Crippen molar-refractivity contribution in [2.24, 2.45) is 0 Å². The van der Waals surface area contributed by atoms with Crippen molar-refractivity contribution >= 4 is 34.4 Å². The molecular weight excluding hydrogens is 540 g/mol. The zero-order chi connectivity index (χ0) is 27.9. The number of aromatic amines is 1. The van der Waals surface area contributed by atoms with Crippen LogP contribution in [-0.2, 0) is 6.54 Å². The molecule has 2 aromatic carbocycles. The van der Waals surface area contributed by atoms with Crippen molar-refractivity contribution in [1.29, 1.82) is 0 Å². The van der Waals surface area contributed by atoms with Gasteiger partial charge in [0.25, 0.3) is 0 Å². The lowest BCUT2D eigenvalue weighted by atomic mass is 10.1. The summed E-state index contributed by atoms with van der Waals surface area (Å²) in [4.78, 5) is 12.0. The number of para-hydroxylation sites is 1. The van der Waals surface area contributed by atoms with E-state index in [1.165, 1.54) is 24.5 Å². The summed E-state index contributed by atoms with van der Waals surface area (Å²) >= 11 is 6.40. The number of hydrogen-bond acceptors (Lipinski definition) is 8. The van der Waals surface area contributed by atoms with Crippen molar-refractivity contribution in [1.82, 2.24) is 15.0 Å². The first-order valence-corrected chi connectivity index (χ1v) is 12.9. The highest BCUT2D eigenvalue weighted by Gasteiger charge is 2.15. The quantitative estimate of drug-likeness (QED) is 0.162. The van der Waals surface area contributed by atoms with E-state index in [9.17, 15) is 13.9 Å². The number of aromatic nitrogens is 3. The molecule has 0 amide bonds. The molecular formula is C28H25F2N5O2S2. The minimum atomic E-state index is -0.908. The van der Waals surface area contributed by atoms with Gasteiger partial charge in [-0.2, -0.15) is 0 Å². The van der Waals surface area contributed by atoms with Gasteiger partial charge in [-0.3, -0.25) is 4.98 Å². The Morgan fingerprint density at radius 1 is 1.08 bits per heavy atom. The molecule has 0 bridgehead atoms. The van der Waals surface area contributed by atoms with Crippen molar-refractivity contribution in [3.63, 3.8) is 0 Å². The van der Waals surface area contributed by atoms with Gasteiger partial charge in [-0.25, -0.2) is 13.8 Å². The molecule has 0 unspecified atom stereocenters. The molecule has 0 spiro atoms.